The first-order chi connectivity index (χ1) is 15.3. The molecule has 1 saturated heterocycles. The fourth-order valence-corrected chi connectivity index (χ4v) is 4.28. The summed E-state index contributed by atoms with van der Waals surface area (Å²) in [4.78, 5) is 18.9. The fraction of sp³-hybridized carbons (Fsp3) is 0.308. The van der Waals surface area contributed by atoms with Crippen molar-refractivity contribution in [2.45, 2.75) is 38.7 Å². The third-order valence-corrected chi connectivity index (χ3v) is 6.04. The molecule has 1 amide bonds. The van der Waals surface area contributed by atoms with Crippen LogP contribution in [0.4, 0.5) is 4.39 Å². The molecular formula is C26H28FN3O2. The van der Waals surface area contributed by atoms with Gasteiger partial charge in [0.15, 0.2) is 0 Å². The Bertz CT molecular complexity index is 1140. The van der Waals surface area contributed by atoms with Gasteiger partial charge in [0.2, 0.25) is 5.91 Å². The lowest BCUT2D eigenvalue weighted by molar-refractivity contribution is -0.129. The average molecular weight is 434 g/mol. The van der Waals surface area contributed by atoms with E-state index in [0.29, 0.717) is 18.5 Å². The molecule has 1 fully saturated rings. The molecule has 166 valence electrons. The summed E-state index contributed by atoms with van der Waals surface area (Å²) < 4.78 is 15.3. The Morgan fingerprint density at radius 2 is 1.94 bits per heavy atom. The van der Waals surface area contributed by atoms with Crippen molar-refractivity contribution in [3.63, 3.8) is 0 Å². The molecule has 0 spiro atoms. The van der Waals surface area contributed by atoms with Gasteiger partial charge in [-0.1, -0.05) is 18.2 Å². The molecule has 4 rings (SSSR count). The molecule has 32 heavy (non-hydrogen) atoms. The molecule has 1 aliphatic heterocycles. The van der Waals surface area contributed by atoms with Crippen molar-refractivity contribution in [1.29, 1.82) is 0 Å². The molecule has 1 aromatic heterocycles. The van der Waals surface area contributed by atoms with Crippen LogP contribution in [-0.4, -0.2) is 38.6 Å². The van der Waals surface area contributed by atoms with Crippen LogP contribution in [0.2, 0.25) is 0 Å². The first-order valence-corrected chi connectivity index (χ1v) is 10.9. The maximum atomic E-state index is 13.3. The van der Waals surface area contributed by atoms with E-state index >= 15 is 0 Å². The van der Waals surface area contributed by atoms with Crippen LogP contribution in [0.1, 0.15) is 41.6 Å². The van der Waals surface area contributed by atoms with Crippen LogP contribution in [0, 0.1) is 19.7 Å². The van der Waals surface area contributed by atoms with Gasteiger partial charge in [0, 0.05) is 24.5 Å². The lowest BCUT2D eigenvalue weighted by atomic mass is 9.89. The highest BCUT2D eigenvalue weighted by molar-refractivity contribution is 5.92. The first kappa shape index (κ1) is 22.0. The second kappa shape index (κ2) is 9.09. The van der Waals surface area contributed by atoms with Crippen molar-refractivity contribution >= 4 is 12.0 Å². The molecule has 1 aliphatic rings. The monoisotopic (exact) mass is 433 g/mol. The number of imidazole rings is 1. The van der Waals surface area contributed by atoms with Crippen molar-refractivity contribution in [2.75, 3.05) is 13.1 Å². The predicted molar refractivity (Wildman–Crippen MR) is 123 cm³/mol. The van der Waals surface area contributed by atoms with Crippen LogP contribution >= 0.6 is 0 Å². The van der Waals surface area contributed by atoms with Gasteiger partial charge in [0.25, 0.3) is 0 Å². The normalized spacial score (nSPS) is 19.3. The number of nitrogens with zero attached hydrogens (tertiary/aromatic N) is 3. The third kappa shape index (κ3) is 4.81. The van der Waals surface area contributed by atoms with E-state index in [-0.39, 0.29) is 18.3 Å². The van der Waals surface area contributed by atoms with E-state index in [0.717, 1.165) is 35.3 Å². The number of aryl methyl sites for hydroxylation is 2. The van der Waals surface area contributed by atoms with Crippen LogP contribution in [0.5, 0.6) is 0 Å². The van der Waals surface area contributed by atoms with E-state index in [1.807, 2.05) is 42.8 Å². The lowest BCUT2D eigenvalue weighted by Gasteiger charge is -2.31. The summed E-state index contributed by atoms with van der Waals surface area (Å²) >= 11 is 0. The van der Waals surface area contributed by atoms with Crippen LogP contribution in [0.3, 0.4) is 0 Å². The number of hydrogen-bond acceptors (Lipinski definition) is 3. The summed E-state index contributed by atoms with van der Waals surface area (Å²) in [5.41, 5.74) is 3.48. The van der Waals surface area contributed by atoms with E-state index in [1.54, 1.807) is 35.5 Å². The van der Waals surface area contributed by atoms with Gasteiger partial charge < -0.3 is 14.6 Å². The molecule has 1 unspecified atom stereocenters. The van der Waals surface area contributed by atoms with Crippen molar-refractivity contribution in [1.82, 2.24) is 14.5 Å². The molecule has 2 aromatic carbocycles. The average Bonchev–Trinajstić information content (AvgIpc) is 3.09. The standard InChI is InChI=1S/C26H28FN3O2/c1-19-15-21(5-11-24(19)30-16-20(2)28-18-30)6-12-25(31)29-14-4-3-13-26(32,17-29)22-7-9-23(27)10-8-22/h5-12,15-16,18,32H,3-4,13-14,17H2,1-2H3/b12-6+. The van der Waals surface area contributed by atoms with Gasteiger partial charge in [-0.2, -0.15) is 0 Å². The second-order valence-electron chi connectivity index (χ2n) is 8.56. The van der Waals surface area contributed by atoms with Crippen LogP contribution in [0.25, 0.3) is 11.8 Å². The number of aromatic nitrogens is 2. The fourth-order valence-electron chi connectivity index (χ4n) is 4.28. The van der Waals surface area contributed by atoms with Gasteiger partial charge in [-0.05, 0) is 80.1 Å². The summed E-state index contributed by atoms with van der Waals surface area (Å²) in [5.74, 6) is -0.481. The molecule has 5 nitrogen and oxygen atoms in total. The second-order valence-corrected chi connectivity index (χ2v) is 8.56. The Morgan fingerprint density at radius 3 is 2.62 bits per heavy atom. The highest BCUT2D eigenvalue weighted by atomic mass is 19.1. The number of carbonyl (C=O) groups is 1. The van der Waals surface area contributed by atoms with E-state index in [4.69, 9.17) is 0 Å². The molecule has 0 aliphatic carbocycles. The quantitative estimate of drug-likeness (QED) is 0.615. The Balaban J connectivity index is 1.49. The van der Waals surface area contributed by atoms with Crippen LogP contribution in [-0.2, 0) is 10.4 Å². The zero-order chi connectivity index (χ0) is 22.7. The number of amides is 1. The maximum Gasteiger partial charge on any atom is 0.246 e. The van der Waals surface area contributed by atoms with Gasteiger partial charge >= 0.3 is 0 Å². The highest BCUT2D eigenvalue weighted by Crippen LogP contribution is 2.31. The van der Waals surface area contributed by atoms with E-state index in [2.05, 4.69) is 4.98 Å². The number of benzene rings is 2. The van der Waals surface area contributed by atoms with Crippen molar-refractivity contribution < 1.29 is 14.3 Å². The number of hydrogen-bond donors (Lipinski definition) is 1. The molecule has 6 heteroatoms. The lowest BCUT2D eigenvalue weighted by Crippen LogP contribution is -2.42. The number of halogens is 1. The minimum Gasteiger partial charge on any atom is -0.383 e. The summed E-state index contributed by atoms with van der Waals surface area (Å²) in [5, 5.41) is 11.2. The van der Waals surface area contributed by atoms with E-state index in [9.17, 15) is 14.3 Å². The Labute approximate surface area is 187 Å². The zero-order valence-electron chi connectivity index (χ0n) is 18.5. The van der Waals surface area contributed by atoms with Crippen molar-refractivity contribution in [2.24, 2.45) is 0 Å². The van der Waals surface area contributed by atoms with Gasteiger partial charge in [-0.15, -0.1) is 0 Å². The Morgan fingerprint density at radius 1 is 1.16 bits per heavy atom. The number of rotatable bonds is 4. The number of likely N-dealkylation sites (tertiary alicyclic amines) is 1. The maximum absolute atomic E-state index is 13.3. The first-order valence-electron chi connectivity index (χ1n) is 10.9. The zero-order valence-corrected chi connectivity index (χ0v) is 18.5. The predicted octanol–water partition coefficient (Wildman–Crippen LogP) is 4.54. The van der Waals surface area contributed by atoms with Gasteiger partial charge in [0.05, 0.1) is 18.6 Å². The molecule has 0 bridgehead atoms. The SMILES string of the molecule is Cc1cn(-c2ccc(/C=C/C(=O)N3CCCCC(O)(c4ccc(F)cc4)C3)cc2C)cn1. The summed E-state index contributed by atoms with van der Waals surface area (Å²) in [6.45, 7) is 4.76. The topological polar surface area (TPSA) is 58.4 Å². The summed E-state index contributed by atoms with van der Waals surface area (Å²) in [7, 11) is 0. The summed E-state index contributed by atoms with van der Waals surface area (Å²) in [6.07, 6.45) is 9.30. The Hall–Kier alpha value is -3.25. The molecule has 0 saturated carbocycles. The van der Waals surface area contributed by atoms with E-state index in [1.165, 1.54) is 12.1 Å². The minimum absolute atomic E-state index is 0.139. The van der Waals surface area contributed by atoms with Gasteiger partial charge in [-0.3, -0.25) is 4.79 Å². The smallest absolute Gasteiger partial charge is 0.246 e. The largest absolute Gasteiger partial charge is 0.383 e. The van der Waals surface area contributed by atoms with E-state index < -0.39 is 5.60 Å². The summed E-state index contributed by atoms with van der Waals surface area (Å²) in [6, 6.07) is 11.9. The molecule has 1 atom stereocenters. The molecule has 3 aromatic rings. The van der Waals surface area contributed by atoms with Crippen molar-refractivity contribution in [3.8, 4) is 5.69 Å². The molecule has 2 heterocycles. The number of aliphatic hydroxyl groups is 1. The molecule has 1 N–H and O–H groups in total. The van der Waals surface area contributed by atoms with Crippen molar-refractivity contribution in [3.05, 3.63) is 89.3 Å². The molecule has 0 radical (unpaired) electrons. The minimum atomic E-state index is -1.17. The van der Waals surface area contributed by atoms with Crippen LogP contribution < -0.4 is 0 Å². The van der Waals surface area contributed by atoms with Crippen LogP contribution in [0.15, 0.2) is 61.1 Å². The molecular weight excluding hydrogens is 405 g/mol. The Kier molecular flexibility index (Phi) is 6.24. The highest BCUT2D eigenvalue weighted by Gasteiger charge is 2.34. The number of β-amino-alcohol motifs (C(OH)–C–C–N with tert-alkyl or cyclic N) is 1. The number of carbonyl (C=O) groups excluding carboxylic acids is 1. The van der Waals surface area contributed by atoms with Gasteiger partial charge in [0.1, 0.15) is 11.4 Å². The van der Waals surface area contributed by atoms with Gasteiger partial charge in [-0.25, -0.2) is 9.37 Å². The third-order valence-electron chi connectivity index (χ3n) is 6.04.